The van der Waals surface area contributed by atoms with Gasteiger partial charge in [-0.25, -0.2) is 9.97 Å². The van der Waals surface area contributed by atoms with E-state index in [0.29, 0.717) is 23.3 Å². The zero-order valence-corrected chi connectivity index (χ0v) is 19.9. The molecule has 0 radical (unpaired) electrons. The molecule has 0 spiro atoms. The van der Waals surface area contributed by atoms with E-state index in [-0.39, 0.29) is 0 Å². The highest BCUT2D eigenvalue weighted by Crippen LogP contribution is 2.39. The standard InChI is InChI=1S/C23H24ClN7OS/c1-14-2-7-17-18(12-14)33-23-20(17)22(25-19(26-23)13-30-8-10-32-11-9-30)31-28-21(27-29-31)15-3-5-16(24)6-4-15/h3-6,14H,2,7-13H2,1H3. The van der Waals surface area contributed by atoms with Crippen LogP contribution in [0.4, 0.5) is 0 Å². The summed E-state index contributed by atoms with van der Waals surface area (Å²) in [7, 11) is 0. The Bertz CT molecular complexity index is 1300. The average Bonchev–Trinajstić information content (AvgIpc) is 3.44. The molecule has 8 nitrogen and oxygen atoms in total. The molecule has 0 bridgehead atoms. The van der Waals surface area contributed by atoms with Crippen LogP contribution in [0.1, 0.15) is 29.6 Å². The van der Waals surface area contributed by atoms with Gasteiger partial charge in [-0.05, 0) is 60.2 Å². The topological polar surface area (TPSA) is 81.9 Å². The summed E-state index contributed by atoms with van der Waals surface area (Å²) in [6.07, 6.45) is 3.30. The number of morpholine rings is 1. The summed E-state index contributed by atoms with van der Waals surface area (Å²) >= 11 is 7.83. The lowest BCUT2D eigenvalue weighted by Gasteiger charge is -2.25. The summed E-state index contributed by atoms with van der Waals surface area (Å²) in [6, 6.07) is 7.46. The van der Waals surface area contributed by atoms with Gasteiger partial charge in [0.05, 0.1) is 25.1 Å². The van der Waals surface area contributed by atoms with Crippen LogP contribution in [0.2, 0.25) is 5.02 Å². The molecule has 1 unspecified atom stereocenters. The van der Waals surface area contributed by atoms with Gasteiger partial charge in [-0.1, -0.05) is 18.5 Å². The molecule has 0 amide bonds. The zero-order valence-electron chi connectivity index (χ0n) is 18.4. The number of nitrogens with zero attached hydrogens (tertiary/aromatic N) is 7. The maximum Gasteiger partial charge on any atom is 0.205 e. The minimum Gasteiger partial charge on any atom is -0.379 e. The van der Waals surface area contributed by atoms with E-state index in [1.165, 1.54) is 16.9 Å². The van der Waals surface area contributed by atoms with Crippen molar-refractivity contribution in [3.8, 4) is 17.2 Å². The third-order valence-corrected chi connectivity index (χ3v) is 7.76. The molecule has 1 atom stereocenters. The molecule has 3 aromatic heterocycles. The Morgan fingerprint density at radius 2 is 1.97 bits per heavy atom. The van der Waals surface area contributed by atoms with E-state index in [4.69, 9.17) is 31.4 Å². The van der Waals surface area contributed by atoms with Crippen LogP contribution in [0.5, 0.6) is 0 Å². The monoisotopic (exact) mass is 481 g/mol. The number of halogens is 1. The quantitative estimate of drug-likeness (QED) is 0.436. The van der Waals surface area contributed by atoms with Crippen LogP contribution in [0.3, 0.4) is 0 Å². The van der Waals surface area contributed by atoms with Gasteiger partial charge < -0.3 is 4.74 Å². The number of benzene rings is 1. The molecule has 0 N–H and O–H groups in total. The fourth-order valence-electron chi connectivity index (χ4n) is 4.56. The molecule has 4 heterocycles. The molecule has 0 saturated carbocycles. The number of rotatable bonds is 4. The molecule has 6 rings (SSSR count). The van der Waals surface area contributed by atoms with Crippen molar-refractivity contribution >= 4 is 33.2 Å². The van der Waals surface area contributed by atoms with Crippen molar-refractivity contribution in [2.45, 2.75) is 32.7 Å². The van der Waals surface area contributed by atoms with Gasteiger partial charge in [-0.15, -0.1) is 26.3 Å². The number of tetrazole rings is 1. The Kier molecular flexibility index (Phi) is 5.57. The van der Waals surface area contributed by atoms with Crippen molar-refractivity contribution in [3.63, 3.8) is 0 Å². The molecule has 1 fully saturated rings. The number of thiophene rings is 1. The predicted octanol–water partition coefficient (Wildman–Crippen LogP) is 3.94. The van der Waals surface area contributed by atoms with E-state index in [9.17, 15) is 0 Å². The second-order valence-corrected chi connectivity index (χ2v) is 10.3. The molecule has 1 aliphatic heterocycles. The Balaban J connectivity index is 1.45. The second kappa shape index (κ2) is 8.72. The summed E-state index contributed by atoms with van der Waals surface area (Å²) in [5.74, 6) is 2.75. The molecule has 10 heteroatoms. The van der Waals surface area contributed by atoms with Crippen LogP contribution in [0, 0.1) is 5.92 Å². The van der Waals surface area contributed by atoms with Gasteiger partial charge in [0.25, 0.3) is 0 Å². The third kappa shape index (κ3) is 4.14. The van der Waals surface area contributed by atoms with Crippen molar-refractivity contribution in [2.75, 3.05) is 26.3 Å². The van der Waals surface area contributed by atoms with Crippen molar-refractivity contribution in [1.82, 2.24) is 35.1 Å². The molecule has 2 aliphatic rings. The smallest absolute Gasteiger partial charge is 0.205 e. The summed E-state index contributed by atoms with van der Waals surface area (Å²) in [6.45, 7) is 6.27. The summed E-state index contributed by atoms with van der Waals surface area (Å²) in [5, 5.41) is 15.1. The third-order valence-electron chi connectivity index (χ3n) is 6.36. The fourth-order valence-corrected chi connectivity index (χ4v) is 6.08. The van der Waals surface area contributed by atoms with Gasteiger partial charge >= 0.3 is 0 Å². The number of hydrogen-bond donors (Lipinski definition) is 0. The van der Waals surface area contributed by atoms with E-state index in [1.54, 1.807) is 16.1 Å². The second-order valence-electron chi connectivity index (χ2n) is 8.79. The van der Waals surface area contributed by atoms with Gasteiger partial charge in [-0.3, -0.25) is 4.90 Å². The van der Waals surface area contributed by atoms with Crippen molar-refractivity contribution in [3.05, 3.63) is 45.6 Å². The normalized spacial score (nSPS) is 19.2. The number of fused-ring (bicyclic) bond motifs is 3. The Hall–Kier alpha value is -2.46. The lowest BCUT2D eigenvalue weighted by Crippen LogP contribution is -2.36. The Morgan fingerprint density at radius 3 is 2.79 bits per heavy atom. The first-order chi connectivity index (χ1) is 16.1. The summed E-state index contributed by atoms with van der Waals surface area (Å²) in [4.78, 5) is 16.3. The van der Waals surface area contributed by atoms with Crippen LogP contribution in [0.15, 0.2) is 24.3 Å². The van der Waals surface area contributed by atoms with Crippen molar-refractivity contribution in [1.29, 1.82) is 0 Å². The highest BCUT2D eigenvalue weighted by molar-refractivity contribution is 7.18. The molecule has 1 aromatic carbocycles. The van der Waals surface area contributed by atoms with Crippen LogP contribution in [-0.4, -0.2) is 61.4 Å². The highest BCUT2D eigenvalue weighted by atomic mass is 35.5. The maximum atomic E-state index is 6.04. The van der Waals surface area contributed by atoms with E-state index in [0.717, 1.165) is 66.6 Å². The van der Waals surface area contributed by atoms with Crippen LogP contribution in [0.25, 0.3) is 27.4 Å². The molecular formula is C23H24ClN7OS. The number of ether oxygens (including phenoxy) is 1. The Morgan fingerprint density at radius 1 is 1.15 bits per heavy atom. The molecule has 1 aliphatic carbocycles. The van der Waals surface area contributed by atoms with Gasteiger partial charge in [0.15, 0.2) is 5.82 Å². The first kappa shape index (κ1) is 21.1. The summed E-state index contributed by atoms with van der Waals surface area (Å²) in [5.41, 5.74) is 2.22. The van der Waals surface area contributed by atoms with Gasteiger partial charge in [0, 0.05) is 28.6 Å². The summed E-state index contributed by atoms with van der Waals surface area (Å²) < 4.78 is 5.50. The van der Waals surface area contributed by atoms with Crippen molar-refractivity contribution < 1.29 is 4.74 Å². The zero-order chi connectivity index (χ0) is 22.4. The molecule has 4 aromatic rings. The number of aromatic nitrogens is 6. The fraction of sp³-hybridized carbons (Fsp3) is 0.435. The van der Waals surface area contributed by atoms with E-state index >= 15 is 0 Å². The van der Waals surface area contributed by atoms with E-state index in [1.807, 2.05) is 24.3 Å². The lowest BCUT2D eigenvalue weighted by molar-refractivity contribution is 0.0331. The first-order valence-electron chi connectivity index (χ1n) is 11.3. The van der Waals surface area contributed by atoms with Gasteiger partial charge in [0.2, 0.25) is 5.82 Å². The van der Waals surface area contributed by atoms with Crippen molar-refractivity contribution in [2.24, 2.45) is 5.92 Å². The van der Waals surface area contributed by atoms with Crippen LogP contribution in [-0.2, 0) is 24.1 Å². The molecular weight excluding hydrogens is 458 g/mol. The number of aryl methyl sites for hydroxylation is 1. The lowest BCUT2D eigenvalue weighted by atomic mass is 9.89. The Labute approximate surface area is 200 Å². The largest absolute Gasteiger partial charge is 0.379 e. The number of hydrogen-bond acceptors (Lipinski definition) is 8. The van der Waals surface area contributed by atoms with E-state index < -0.39 is 0 Å². The highest BCUT2D eigenvalue weighted by Gasteiger charge is 2.26. The van der Waals surface area contributed by atoms with Gasteiger partial charge in [0.1, 0.15) is 10.7 Å². The minimum atomic E-state index is 0.547. The molecule has 33 heavy (non-hydrogen) atoms. The predicted molar refractivity (Wildman–Crippen MR) is 128 cm³/mol. The van der Waals surface area contributed by atoms with Crippen LogP contribution >= 0.6 is 22.9 Å². The van der Waals surface area contributed by atoms with Crippen LogP contribution < -0.4 is 0 Å². The van der Waals surface area contributed by atoms with Gasteiger partial charge in [-0.2, -0.15) is 0 Å². The minimum absolute atomic E-state index is 0.547. The van der Waals surface area contributed by atoms with E-state index in [2.05, 4.69) is 22.1 Å². The molecule has 170 valence electrons. The maximum absolute atomic E-state index is 6.04. The molecule has 1 saturated heterocycles. The average molecular weight is 482 g/mol. The first-order valence-corrected chi connectivity index (χ1v) is 12.5. The SMILES string of the molecule is CC1CCc2c(sc3nc(CN4CCOCC4)nc(-n4nnc(-c5ccc(Cl)cc5)n4)c23)C1.